The van der Waals surface area contributed by atoms with E-state index in [1.165, 1.54) is 4.31 Å². The molecule has 1 aliphatic carbocycles. The van der Waals surface area contributed by atoms with E-state index < -0.39 is 21.4 Å². The Morgan fingerprint density at radius 1 is 1.17 bits per heavy atom. The van der Waals surface area contributed by atoms with E-state index in [-0.39, 0.29) is 6.54 Å². The fraction of sp³-hybridized carbons (Fsp3) is 0.500. The van der Waals surface area contributed by atoms with Crippen LogP contribution >= 0.6 is 0 Å². The number of aromatic nitrogens is 2. The molecule has 8 heteroatoms. The van der Waals surface area contributed by atoms with Crippen molar-refractivity contribution in [3.8, 4) is 0 Å². The molecule has 2 aromatic rings. The van der Waals surface area contributed by atoms with Crippen LogP contribution in [0.25, 0.3) is 0 Å². The maximum absolute atomic E-state index is 13.0. The number of hydrogen-bond acceptors (Lipinski definition) is 6. The zero-order chi connectivity index (χ0) is 16.7. The Kier molecular flexibility index (Phi) is 3.90. The molecule has 1 unspecified atom stereocenters. The van der Waals surface area contributed by atoms with E-state index in [4.69, 9.17) is 9.15 Å². The summed E-state index contributed by atoms with van der Waals surface area (Å²) < 4.78 is 38.6. The lowest BCUT2D eigenvalue weighted by atomic mass is 10.1. The largest absolute Gasteiger partial charge is 0.423 e. The summed E-state index contributed by atoms with van der Waals surface area (Å²) in [5.74, 6) is 0.780. The first-order chi connectivity index (χ1) is 11.5. The minimum Gasteiger partial charge on any atom is -0.423 e. The molecule has 0 amide bonds. The van der Waals surface area contributed by atoms with Gasteiger partial charge in [-0.15, -0.1) is 10.2 Å². The first kappa shape index (κ1) is 15.7. The molecule has 0 spiro atoms. The third-order valence-corrected chi connectivity index (χ3v) is 6.87. The van der Waals surface area contributed by atoms with Crippen LogP contribution in [-0.4, -0.2) is 47.9 Å². The van der Waals surface area contributed by atoms with Gasteiger partial charge in [0.25, 0.3) is 0 Å². The predicted octanol–water partition coefficient (Wildman–Crippen LogP) is 1.25. The summed E-state index contributed by atoms with van der Waals surface area (Å²) in [6, 6.07) is 7.93. The van der Waals surface area contributed by atoms with E-state index in [1.54, 1.807) is 6.92 Å². The fourth-order valence-corrected chi connectivity index (χ4v) is 5.26. The maximum atomic E-state index is 13.0. The van der Waals surface area contributed by atoms with Gasteiger partial charge < -0.3 is 9.15 Å². The average Bonchev–Trinajstić information content (AvgIpc) is 3.21. The topological polar surface area (TPSA) is 85.5 Å². The zero-order valence-electron chi connectivity index (χ0n) is 13.4. The number of ether oxygens (including phenoxy) is 1. The predicted molar refractivity (Wildman–Crippen MR) is 85.9 cm³/mol. The molecule has 128 valence electrons. The third-order valence-electron chi connectivity index (χ3n) is 4.64. The van der Waals surface area contributed by atoms with Crippen LogP contribution in [0.2, 0.25) is 0 Å². The van der Waals surface area contributed by atoms with Crippen molar-refractivity contribution >= 4 is 10.0 Å². The monoisotopic (exact) mass is 349 g/mol. The van der Waals surface area contributed by atoms with Crippen LogP contribution in [0, 0.1) is 6.92 Å². The number of fused-ring (bicyclic) bond motifs is 1. The zero-order valence-corrected chi connectivity index (χ0v) is 14.2. The minimum absolute atomic E-state index is 0.219. The summed E-state index contributed by atoms with van der Waals surface area (Å²) in [4.78, 5) is 0. The number of hydrogen-bond donors (Lipinski definition) is 0. The Hall–Kier alpha value is -1.77. The van der Waals surface area contributed by atoms with Crippen molar-refractivity contribution in [3.63, 3.8) is 0 Å². The molecule has 2 heterocycles. The molecular formula is C16H19N3O4S. The van der Waals surface area contributed by atoms with Crippen molar-refractivity contribution < 1.29 is 17.6 Å². The van der Waals surface area contributed by atoms with Crippen molar-refractivity contribution in [2.45, 2.75) is 31.1 Å². The number of aryl methyl sites for hydroxylation is 1. The second kappa shape index (κ2) is 5.94. The molecule has 0 saturated carbocycles. The highest BCUT2D eigenvalue weighted by molar-refractivity contribution is 7.89. The van der Waals surface area contributed by atoms with Crippen molar-refractivity contribution in [2.24, 2.45) is 0 Å². The lowest BCUT2D eigenvalue weighted by Crippen LogP contribution is -2.46. The molecule has 0 radical (unpaired) electrons. The molecule has 2 aliphatic rings. The Bertz CT molecular complexity index is 824. The van der Waals surface area contributed by atoms with Crippen LogP contribution in [-0.2, 0) is 27.6 Å². The molecule has 1 aromatic carbocycles. The molecule has 0 N–H and O–H groups in total. The van der Waals surface area contributed by atoms with Gasteiger partial charge in [0.15, 0.2) is 0 Å². The van der Waals surface area contributed by atoms with Gasteiger partial charge in [-0.3, -0.25) is 0 Å². The highest BCUT2D eigenvalue weighted by atomic mass is 32.2. The van der Waals surface area contributed by atoms with E-state index in [0.717, 1.165) is 11.1 Å². The SMILES string of the molecule is Cc1nnc(C2CN(S(=O)(=O)C3Cc4ccccc4C3)CCO2)o1. The van der Waals surface area contributed by atoms with E-state index in [0.29, 0.717) is 37.8 Å². The van der Waals surface area contributed by atoms with Gasteiger partial charge >= 0.3 is 0 Å². The van der Waals surface area contributed by atoms with Gasteiger partial charge in [0.05, 0.1) is 11.9 Å². The molecule has 1 aromatic heterocycles. The standard InChI is InChI=1S/C16H19N3O4S/c1-11-17-18-16(23-11)15-10-19(6-7-22-15)24(20,21)14-8-12-4-2-3-5-13(12)9-14/h2-5,14-15H,6-10H2,1H3. The van der Waals surface area contributed by atoms with Crippen molar-refractivity contribution in [2.75, 3.05) is 19.7 Å². The summed E-state index contributed by atoms with van der Waals surface area (Å²) in [5.41, 5.74) is 2.26. The second-order valence-electron chi connectivity index (χ2n) is 6.22. The van der Waals surface area contributed by atoms with Gasteiger partial charge in [-0.25, -0.2) is 8.42 Å². The van der Waals surface area contributed by atoms with Crippen LogP contribution in [0.15, 0.2) is 28.7 Å². The number of nitrogens with zero attached hydrogens (tertiary/aromatic N) is 3. The first-order valence-corrected chi connectivity index (χ1v) is 9.52. The maximum Gasteiger partial charge on any atom is 0.246 e. The van der Waals surface area contributed by atoms with Crippen LogP contribution in [0.4, 0.5) is 0 Å². The Labute approximate surface area is 140 Å². The summed E-state index contributed by atoms with van der Waals surface area (Å²) in [6.07, 6.45) is 0.638. The summed E-state index contributed by atoms with van der Waals surface area (Å²) in [7, 11) is -3.40. The molecule has 1 fully saturated rings. The van der Waals surface area contributed by atoms with E-state index >= 15 is 0 Å². The van der Waals surface area contributed by atoms with Crippen LogP contribution in [0.5, 0.6) is 0 Å². The van der Waals surface area contributed by atoms with Gasteiger partial charge in [0.2, 0.25) is 21.8 Å². The number of rotatable bonds is 3. The molecule has 7 nitrogen and oxygen atoms in total. The van der Waals surface area contributed by atoms with Gasteiger partial charge in [-0.2, -0.15) is 4.31 Å². The van der Waals surface area contributed by atoms with Gasteiger partial charge in [-0.05, 0) is 24.0 Å². The molecule has 1 saturated heterocycles. The highest BCUT2D eigenvalue weighted by Gasteiger charge is 2.40. The first-order valence-electron chi connectivity index (χ1n) is 8.01. The Morgan fingerprint density at radius 2 is 1.88 bits per heavy atom. The molecule has 24 heavy (non-hydrogen) atoms. The van der Waals surface area contributed by atoms with Crippen LogP contribution in [0.1, 0.15) is 29.0 Å². The number of sulfonamides is 1. The van der Waals surface area contributed by atoms with Gasteiger partial charge in [0, 0.05) is 20.0 Å². The molecule has 0 bridgehead atoms. The van der Waals surface area contributed by atoms with E-state index in [9.17, 15) is 8.42 Å². The normalized spacial score (nSPS) is 22.6. The van der Waals surface area contributed by atoms with E-state index in [1.807, 2.05) is 24.3 Å². The molecular weight excluding hydrogens is 330 g/mol. The minimum atomic E-state index is -3.40. The smallest absolute Gasteiger partial charge is 0.246 e. The van der Waals surface area contributed by atoms with Gasteiger partial charge in [0.1, 0.15) is 6.10 Å². The Morgan fingerprint density at radius 3 is 2.50 bits per heavy atom. The van der Waals surface area contributed by atoms with Crippen molar-refractivity contribution in [1.82, 2.24) is 14.5 Å². The van der Waals surface area contributed by atoms with Gasteiger partial charge in [-0.1, -0.05) is 24.3 Å². The van der Waals surface area contributed by atoms with E-state index in [2.05, 4.69) is 10.2 Å². The summed E-state index contributed by atoms with van der Waals surface area (Å²) in [5, 5.41) is 7.34. The van der Waals surface area contributed by atoms with Crippen LogP contribution in [0.3, 0.4) is 0 Å². The van der Waals surface area contributed by atoms with Crippen molar-refractivity contribution in [1.29, 1.82) is 0 Å². The van der Waals surface area contributed by atoms with Crippen LogP contribution < -0.4 is 0 Å². The molecule has 4 rings (SSSR count). The number of benzene rings is 1. The van der Waals surface area contributed by atoms with Crippen molar-refractivity contribution in [3.05, 3.63) is 47.2 Å². The third kappa shape index (κ3) is 2.74. The average molecular weight is 349 g/mol. The fourth-order valence-electron chi connectivity index (χ4n) is 3.39. The molecule has 1 atom stereocenters. The highest BCUT2D eigenvalue weighted by Crippen LogP contribution is 2.30. The lowest BCUT2D eigenvalue weighted by molar-refractivity contribution is -0.0179. The number of morpholine rings is 1. The summed E-state index contributed by atoms with van der Waals surface area (Å²) >= 11 is 0. The quantitative estimate of drug-likeness (QED) is 0.829. The lowest BCUT2D eigenvalue weighted by Gasteiger charge is -2.32. The summed E-state index contributed by atoms with van der Waals surface area (Å²) in [6.45, 7) is 2.60. The molecule has 1 aliphatic heterocycles. The Balaban J connectivity index is 1.52. The second-order valence-corrected chi connectivity index (χ2v) is 8.43.